The van der Waals surface area contributed by atoms with E-state index >= 15 is 0 Å². The van der Waals surface area contributed by atoms with E-state index in [1.807, 2.05) is 18.2 Å². The Kier molecular flexibility index (Phi) is 5.33. The molecule has 1 aromatic heterocycles. The van der Waals surface area contributed by atoms with Crippen LogP contribution in [0.3, 0.4) is 0 Å². The number of carbonyl (C=O) groups excluding carboxylic acids is 2. The summed E-state index contributed by atoms with van der Waals surface area (Å²) in [5.41, 5.74) is 1.49. The second-order valence-corrected chi connectivity index (χ2v) is 6.21. The first-order valence-electron chi connectivity index (χ1n) is 8.90. The van der Waals surface area contributed by atoms with E-state index in [1.165, 1.54) is 6.26 Å². The highest BCUT2D eigenvalue weighted by molar-refractivity contribution is 6.02. The second kappa shape index (κ2) is 8.39. The molecule has 2 amide bonds. The van der Waals surface area contributed by atoms with Crippen molar-refractivity contribution in [1.29, 1.82) is 0 Å². The van der Waals surface area contributed by atoms with Crippen LogP contribution in [0.5, 0.6) is 17.2 Å². The van der Waals surface area contributed by atoms with Crippen molar-refractivity contribution in [3.63, 3.8) is 0 Å². The lowest BCUT2D eigenvalue weighted by atomic mass is 10.2. The molecule has 0 spiro atoms. The minimum absolute atomic E-state index is 0.122. The summed E-state index contributed by atoms with van der Waals surface area (Å²) in [7, 11) is 0. The van der Waals surface area contributed by atoms with Gasteiger partial charge in [-0.1, -0.05) is 6.07 Å². The zero-order valence-electron chi connectivity index (χ0n) is 15.3. The van der Waals surface area contributed by atoms with Crippen molar-refractivity contribution in [2.75, 3.05) is 18.7 Å². The highest BCUT2D eigenvalue weighted by Crippen LogP contribution is 2.32. The molecule has 148 valence electrons. The molecule has 1 aliphatic rings. The standard InChI is InChI=1S/C21H18N2O6/c24-20(22-11-14-3-8-17-19(10-14)29-13-28-17)12-27-16-6-4-15(5-7-16)23-21(25)18-2-1-9-26-18/h1-10H,11-13H2,(H,22,24)(H,23,25). The zero-order valence-corrected chi connectivity index (χ0v) is 15.3. The normalized spacial score (nSPS) is 11.7. The van der Waals surface area contributed by atoms with Crippen LogP contribution in [0.1, 0.15) is 16.1 Å². The number of rotatable bonds is 7. The highest BCUT2D eigenvalue weighted by Gasteiger charge is 2.13. The van der Waals surface area contributed by atoms with Gasteiger partial charge in [-0.25, -0.2) is 0 Å². The molecule has 0 saturated heterocycles. The molecule has 0 saturated carbocycles. The zero-order chi connectivity index (χ0) is 20.1. The van der Waals surface area contributed by atoms with Gasteiger partial charge in [0, 0.05) is 12.2 Å². The van der Waals surface area contributed by atoms with E-state index in [4.69, 9.17) is 18.6 Å². The van der Waals surface area contributed by atoms with Gasteiger partial charge in [-0.3, -0.25) is 9.59 Å². The molecule has 4 rings (SSSR count). The minimum Gasteiger partial charge on any atom is -0.484 e. The van der Waals surface area contributed by atoms with E-state index < -0.39 is 0 Å². The molecule has 3 aromatic rings. The third kappa shape index (κ3) is 4.67. The second-order valence-electron chi connectivity index (χ2n) is 6.21. The molecule has 8 heteroatoms. The number of anilines is 1. The van der Waals surface area contributed by atoms with Crippen LogP contribution in [0.4, 0.5) is 5.69 Å². The Bertz CT molecular complexity index is 999. The lowest BCUT2D eigenvalue weighted by molar-refractivity contribution is -0.123. The number of hydrogen-bond acceptors (Lipinski definition) is 6. The molecule has 29 heavy (non-hydrogen) atoms. The fourth-order valence-corrected chi connectivity index (χ4v) is 2.69. The van der Waals surface area contributed by atoms with Crippen LogP contribution in [0.15, 0.2) is 65.3 Å². The van der Waals surface area contributed by atoms with Gasteiger partial charge in [0.25, 0.3) is 11.8 Å². The van der Waals surface area contributed by atoms with Gasteiger partial charge in [-0.15, -0.1) is 0 Å². The molecule has 0 radical (unpaired) electrons. The Balaban J connectivity index is 1.22. The number of nitrogens with one attached hydrogen (secondary N) is 2. The summed E-state index contributed by atoms with van der Waals surface area (Å²) in [5.74, 6) is 1.52. The van der Waals surface area contributed by atoms with Crippen molar-refractivity contribution in [2.45, 2.75) is 6.54 Å². The molecule has 8 nitrogen and oxygen atoms in total. The van der Waals surface area contributed by atoms with Crippen molar-refractivity contribution in [1.82, 2.24) is 5.32 Å². The molecule has 0 fully saturated rings. The number of benzene rings is 2. The van der Waals surface area contributed by atoms with E-state index in [-0.39, 0.29) is 31.0 Å². The lowest BCUT2D eigenvalue weighted by Crippen LogP contribution is -2.28. The first kappa shape index (κ1) is 18.4. The molecule has 2 heterocycles. The SMILES string of the molecule is O=C(COc1ccc(NC(=O)c2ccco2)cc1)NCc1ccc2c(c1)OCO2. The number of carbonyl (C=O) groups is 2. The van der Waals surface area contributed by atoms with Gasteiger partial charge in [-0.2, -0.15) is 0 Å². The van der Waals surface area contributed by atoms with Gasteiger partial charge in [-0.05, 0) is 54.1 Å². The Hall–Kier alpha value is -3.94. The fraction of sp³-hybridized carbons (Fsp3) is 0.143. The van der Waals surface area contributed by atoms with Crippen molar-refractivity contribution < 1.29 is 28.2 Å². The summed E-state index contributed by atoms with van der Waals surface area (Å²) in [6, 6.07) is 15.4. The third-order valence-electron chi connectivity index (χ3n) is 4.15. The molecule has 2 aromatic carbocycles. The molecular formula is C21H18N2O6. The maximum Gasteiger partial charge on any atom is 0.291 e. The van der Waals surface area contributed by atoms with Crippen LogP contribution >= 0.6 is 0 Å². The average molecular weight is 394 g/mol. The molecule has 0 unspecified atom stereocenters. The van der Waals surface area contributed by atoms with E-state index in [9.17, 15) is 9.59 Å². The molecule has 0 aliphatic carbocycles. The summed E-state index contributed by atoms with van der Waals surface area (Å²) >= 11 is 0. The number of furan rings is 1. The van der Waals surface area contributed by atoms with Gasteiger partial charge in [0.05, 0.1) is 6.26 Å². The van der Waals surface area contributed by atoms with Gasteiger partial charge in [0.2, 0.25) is 6.79 Å². The summed E-state index contributed by atoms with van der Waals surface area (Å²) in [5, 5.41) is 5.49. The number of hydrogen-bond donors (Lipinski definition) is 2. The predicted octanol–water partition coefficient (Wildman–Crippen LogP) is 2.96. The van der Waals surface area contributed by atoms with E-state index in [0.717, 1.165) is 5.56 Å². The fourth-order valence-electron chi connectivity index (χ4n) is 2.69. The highest BCUT2D eigenvalue weighted by atomic mass is 16.7. The number of ether oxygens (including phenoxy) is 3. The Morgan fingerprint density at radius 3 is 2.62 bits per heavy atom. The van der Waals surface area contributed by atoms with Crippen LogP contribution in [0.25, 0.3) is 0 Å². The Morgan fingerprint density at radius 2 is 1.83 bits per heavy atom. The van der Waals surface area contributed by atoms with Gasteiger partial charge >= 0.3 is 0 Å². The predicted molar refractivity (Wildman–Crippen MR) is 103 cm³/mol. The van der Waals surface area contributed by atoms with Crippen molar-refractivity contribution in [3.8, 4) is 17.2 Å². The van der Waals surface area contributed by atoms with Crippen molar-refractivity contribution in [3.05, 3.63) is 72.2 Å². The van der Waals surface area contributed by atoms with E-state index in [0.29, 0.717) is 29.5 Å². The third-order valence-corrected chi connectivity index (χ3v) is 4.15. The molecular weight excluding hydrogens is 376 g/mol. The van der Waals surface area contributed by atoms with Crippen LogP contribution in [-0.2, 0) is 11.3 Å². The quantitative estimate of drug-likeness (QED) is 0.639. The van der Waals surface area contributed by atoms with Crippen LogP contribution in [0.2, 0.25) is 0 Å². The molecule has 2 N–H and O–H groups in total. The summed E-state index contributed by atoms with van der Waals surface area (Å²) in [4.78, 5) is 23.9. The van der Waals surface area contributed by atoms with Crippen molar-refractivity contribution in [2.24, 2.45) is 0 Å². The number of amides is 2. The first-order chi connectivity index (χ1) is 14.2. The van der Waals surface area contributed by atoms with E-state index in [1.54, 1.807) is 36.4 Å². The summed E-state index contributed by atoms with van der Waals surface area (Å²) < 4.78 is 21.1. The molecule has 0 bridgehead atoms. The monoisotopic (exact) mass is 394 g/mol. The van der Waals surface area contributed by atoms with Gasteiger partial charge in [0.1, 0.15) is 5.75 Å². The maximum atomic E-state index is 12.0. The topological polar surface area (TPSA) is 99.0 Å². The minimum atomic E-state index is -0.341. The largest absolute Gasteiger partial charge is 0.484 e. The van der Waals surface area contributed by atoms with Gasteiger partial charge < -0.3 is 29.3 Å². The van der Waals surface area contributed by atoms with E-state index in [2.05, 4.69) is 10.6 Å². The smallest absolute Gasteiger partial charge is 0.291 e. The van der Waals surface area contributed by atoms with Crippen LogP contribution in [0, 0.1) is 0 Å². The van der Waals surface area contributed by atoms with Crippen molar-refractivity contribution >= 4 is 17.5 Å². The average Bonchev–Trinajstić information content (AvgIpc) is 3.43. The summed E-state index contributed by atoms with van der Waals surface area (Å²) in [6.45, 7) is 0.448. The lowest BCUT2D eigenvalue weighted by Gasteiger charge is -2.09. The number of fused-ring (bicyclic) bond motifs is 1. The maximum absolute atomic E-state index is 12.0. The first-order valence-corrected chi connectivity index (χ1v) is 8.90. The molecule has 0 atom stereocenters. The Morgan fingerprint density at radius 1 is 1.00 bits per heavy atom. The van der Waals surface area contributed by atoms with Gasteiger partial charge in [0.15, 0.2) is 23.9 Å². The Labute approximate surface area is 166 Å². The summed E-state index contributed by atoms with van der Waals surface area (Å²) in [6.07, 6.45) is 1.43. The van der Waals surface area contributed by atoms with Crippen LogP contribution < -0.4 is 24.8 Å². The van der Waals surface area contributed by atoms with Crippen LogP contribution in [-0.4, -0.2) is 25.2 Å². The molecule has 1 aliphatic heterocycles.